The van der Waals surface area contributed by atoms with Crippen molar-refractivity contribution < 1.29 is 14.3 Å². The van der Waals surface area contributed by atoms with Crippen molar-refractivity contribution in [3.8, 4) is 0 Å². The maximum Gasteiger partial charge on any atom is 0.408 e. The highest BCUT2D eigenvalue weighted by Crippen LogP contribution is 2.08. The Morgan fingerprint density at radius 3 is 2.20 bits per heavy atom. The highest BCUT2D eigenvalue weighted by Gasteiger charge is 2.26. The Morgan fingerprint density at radius 1 is 1.20 bits per heavy atom. The number of hydrogen-bond acceptors (Lipinski definition) is 4. The quantitative estimate of drug-likeness (QED) is 0.842. The molecule has 6 nitrogen and oxygen atoms in total. The van der Waals surface area contributed by atoms with Crippen LogP contribution in [0.3, 0.4) is 0 Å². The summed E-state index contributed by atoms with van der Waals surface area (Å²) in [6, 6.07) is -0.557. The van der Waals surface area contributed by atoms with Gasteiger partial charge in [0.25, 0.3) is 0 Å². The first-order chi connectivity index (χ1) is 9.23. The molecule has 0 radical (unpaired) electrons. The molecule has 116 valence electrons. The molecule has 1 atom stereocenters. The average Bonchev–Trinajstić information content (AvgIpc) is 2.35. The van der Waals surface area contributed by atoms with Gasteiger partial charge in [0.05, 0.1) is 0 Å². The van der Waals surface area contributed by atoms with Crippen LogP contribution in [-0.4, -0.2) is 66.2 Å². The number of hydrogen-bond donors (Lipinski definition) is 1. The second kappa shape index (κ2) is 6.92. The van der Waals surface area contributed by atoms with Gasteiger partial charge in [0, 0.05) is 26.2 Å². The minimum absolute atomic E-state index is 0.0494. The average molecular weight is 285 g/mol. The van der Waals surface area contributed by atoms with Crippen LogP contribution < -0.4 is 5.32 Å². The van der Waals surface area contributed by atoms with Gasteiger partial charge in [0.2, 0.25) is 5.91 Å². The van der Waals surface area contributed by atoms with Crippen LogP contribution in [0.25, 0.3) is 0 Å². The number of nitrogens with zero attached hydrogens (tertiary/aromatic N) is 2. The van der Waals surface area contributed by atoms with Gasteiger partial charge in [-0.15, -0.1) is 0 Å². The zero-order chi connectivity index (χ0) is 15.3. The lowest BCUT2D eigenvalue weighted by Gasteiger charge is -2.35. The Hall–Kier alpha value is -1.30. The summed E-state index contributed by atoms with van der Waals surface area (Å²) in [6.45, 7) is 13.4. The third-order valence-corrected chi connectivity index (χ3v) is 3.23. The van der Waals surface area contributed by atoms with Crippen LogP contribution in [0.15, 0.2) is 0 Å². The SMILES string of the molecule is CCN1CCN(C(=O)C(C)NC(=O)OC(C)(C)C)CC1. The molecule has 1 heterocycles. The van der Waals surface area contributed by atoms with Crippen molar-refractivity contribution in [2.75, 3.05) is 32.7 Å². The molecule has 0 saturated carbocycles. The fourth-order valence-electron chi connectivity index (χ4n) is 2.10. The zero-order valence-corrected chi connectivity index (χ0v) is 13.2. The molecule has 1 N–H and O–H groups in total. The molecule has 0 spiro atoms. The first kappa shape index (κ1) is 16.8. The summed E-state index contributed by atoms with van der Waals surface area (Å²) in [7, 11) is 0. The molecule has 20 heavy (non-hydrogen) atoms. The third-order valence-electron chi connectivity index (χ3n) is 3.23. The Morgan fingerprint density at radius 2 is 1.75 bits per heavy atom. The summed E-state index contributed by atoms with van der Waals surface area (Å²) in [5.74, 6) is -0.0494. The highest BCUT2D eigenvalue weighted by molar-refractivity contribution is 5.85. The van der Waals surface area contributed by atoms with Crippen molar-refractivity contribution in [2.24, 2.45) is 0 Å². The summed E-state index contributed by atoms with van der Waals surface area (Å²) >= 11 is 0. The van der Waals surface area contributed by atoms with E-state index in [4.69, 9.17) is 4.74 Å². The van der Waals surface area contributed by atoms with Crippen molar-refractivity contribution in [1.82, 2.24) is 15.1 Å². The van der Waals surface area contributed by atoms with E-state index in [2.05, 4.69) is 17.1 Å². The Kier molecular flexibility index (Phi) is 5.80. The van der Waals surface area contributed by atoms with Gasteiger partial charge >= 0.3 is 6.09 Å². The van der Waals surface area contributed by atoms with Gasteiger partial charge in [0.15, 0.2) is 0 Å². The topological polar surface area (TPSA) is 61.9 Å². The molecular weight excluding hydrogens is 258 g/mol. The van der Waals surface area contributed by atoms with Gasteiger partial charge in [-0.25, -0.2) is 4.79 Å². The second-order valence-corrected chi connectivity index (χ2v) is 6.13. The summed E-state index contributed by atoms with van der Waals surface area (Å²) in [4.78, 5) is 28.0. The molecule has 1 fully saturated rings. The molecule has 0 aromatic carbocycles. The van der Waals surface area contributed by atoms with Crippen LogP contribution in [0.4, 0.5) is 4.79 Å². The van der Waals surface area contributed by atoms with Crippen LogP contribution >= 0.6 is 0 Å². The van der Waals surface area contributed by atoms with E-state index in [1.165, 1.54) is 0 Å². The van der Waals surface area contributed by atoms with E-state index in [-0.39, 0.29) is 5.91 Å². The molecule has 0 aliphatic carbocycles. The van der Waals surface area contributed by atoms with E-state index >= 15 is 0 Å². The van der Waals surface area contributed by atoms with E-state index in [0.29, 0.717) is 13.1 Å². The third kappa shape index (κ3) is 5.36. The standard InChI is InChI=1S/C14H27N3O3/c1-6-16-7-9-17(10-8-16)12(18)11(2)15-13(19)20-14(3,4)5/h11H,6-10H2,1-5H3,(H,15,19). The van der Waals surface area contributed by atoms with Crippen LogP contribution in [0.1, 0.15) is 34.6 Å². The number of amides is 2. The number of likely N-dealkylation sites (N-methyl/N-ethyl adjacent to an activating group) is 1. The number of alkyl carbamates (subject to hydrolysis) is 1. The number of rotatable bonds is 3. The number of carbonyl (C=O) groups excluding carboxylic acids is 2. The molecule has 1 unspecified atom stereocenters. The van der Waals surface area contributed by atoms with E-state index in [0.717, 1.165) is 19.6 Å². The van der Waals surface area contributed by atoms with Crippen molar-refractivity contribution in [2.45, 2.75) is 46.3 Å². The van der Waals surface area contributed by atoms with Gasteiger partial charge in [-0.1, -0.05) is 6.92 Å². The maximum absolute atomic E-state index is 12.2. The van der Waals surface area contributed by atoms with E-state index in [1.807, 2.05) is 0 Å². The highest BCUT2D eigenvalue weighted by atomic mass is 16.6. The lowest BCUT2D eigenvalue weighted by molar-refractivity contribution is -0.134. The summed E-state index contributed by atoms with van der Waals surface area (Å²) in [6.07, 6.45) is -0.550. The van der Waals surface area contributed by atoms with Gasteiger partial charge < -0.3 is 19.9 Å². The molecule has 1 aliphatic heterocycles. The summed E-state index contributed by atoms with van der Waals surface area (Å²) < 4.78 is 5.15. The number of carbonyl (C=O) groups is 2. The minimum Gasteiger partial charge on any atom is -0.444 e. The number of nitrogens with one attached hydrogen (secondary N) is 1. The van der Waals surface area contributed by atoms with Crippen molar-refractivity contribution in [3.05, 3.63) is 0 Å². The number of piperazine rings is 1. The van der Waals surface area contributed by atoms with Gasteiger partial charge in [-0.05, 0) is 34.2 Å². The zero-order valence-electron chi connectivity index (χ0n) is 13.2. The largest absolute Gasteiger partial charge is 0.444 e. The molecule has 0 bridgehead atoms. The molecule has 1 saturated heterocycles. The smallest absolute Gasteiger partial charge is 0.408 e. The predicted molar refractivity (Wildman–Crippen MR) is 77.5 cm³/mol. The maximum atomic E-state index is 12.2. The Bertz CT molecular complexity index is 344. The number of ether oxygens (including phenoxy) is 1. The fourth-order valence-corrected chi connectivity index (χ4v) is 2.10. The lowest BCUT2D eigenvalue weighted by Crippen LogP contribution is -2.54. The monoisotopic (exact) mass is 285 g/mol. The van der Waals surface area contributed by atoms with Gasteiger partial charge in [-0.3, -0.25) is 4.79 Å². The first-order valence-electron chi connectivity index (χ1n) is 7.23. The summed E-state index contributed by atoms with van der Waals surface area (Å²) in [5, 5.41) is 2.59. The van der Waals surface area contributed by atoms with Crippen molar-refractivity contribution in [1.29, 1.82) is 0 Å². The molecule has 1 rings (SSSR count). The van der Waals surface area contributed by atoms with Gasteiger partial charge in [0.1, 0.15) is 11.6 Å². The van der Waals surface area contributed by atoms with Crippen molar-refractivity contribution >= 4 is 12.0 Å². The second-order valence-electron chi connectivity index (χ2n) is 6.13. The molecule has 0 aromatic heterocycles. The molecule has 1 aliphatic rings. The molecule has 6 heteroatoms. The van der Waals surface area contributed by atoms with Gasteiger partial charge in [-0.2, -0.15) is 0 Å². The van der Waals surface area contributed by atoms with E-state index in [9.17, 15) is 9.59 Å². The van der Waals surface area contributed by atoms with E-state index < -0.39 is 17.7 Å². The Labute approximate surface area is 121 Å². The minimum atomic E-state index is -0.557. The van der Waals surface area contributed by atoms with Crippen LogP contribution in [0.5, 0.6) is 0 Å². The van der Waals surface area contributed by atoms with Crippen molar-refractivity contribution in [3.63, 3.8) is 0 Å². The Balaban J connectivity index is 2.41. The first-order valence-corrected chi connectivity index (χ1v) is 7.23. The predicted octanol–water partition coefficient (Wildman–Crippen LogP) is 1.06. The van der Waals surface area contributed by atoms with Crippen LogP contribution in [-0.2, 0) is 9.53 Å². The van der Waals surface area contributed by atoms with Crippen LogP contribution in [0, 0.1) is 0 Å². The van der Waals surface area contributed by atoms with Crippen LogP contribution in [0.2, 0.25) is 0 Å². The van der Waals surface area contributed by atoms with E-state index in [1.54, 1.807) is 32.6 Å². The molecular formula is C14H27N3O3. The molecule has 2 amide bonds. The normalized spacial score (nSPS) is 18.6. The lowest BCUT2D eigenvalue weighted by atomic mass is 10.2. The fraction of sp³-hybridized carbons (Fsp3) is 0.857. The molecule has 0 aromatic rings. The summed E-state index contributed by atoms with van der Waals surface area (Å²) in [5.41, 5.74) is -0.556.